The molecule has 1 heterocycles. The normalized spacial score (nSPS) is 31.3. The summed E-state index contributed by atoms with van der Waals surface area (Å²) in [6.45, 7) is 6.01. The van der Waals surface area contributed by atoms with Gasteiger partial charge in [-0.3, -0.25) is 10.1 Å². The van der Waals surface area contributed by atoms with Gasteiger partial charge in [0.2, 0.25) is 0 Å². The van der Waals surface area contributed by atoms with Crippen LogP contribution in [0.5, 0.6) is 0 Å². The van der Waals surface area contributed by atoms with Gasteiger partial charge in [0.1, 0.15) is 0 Å². The van der Waals surface area contributed by atoms with Crippen LogP contribution in [0.4, 0.5) is 0 Å². The van der Waals surface area contributed by atoms with Gasteiger partial charge in [-0.2, -0.15) is 0 Å². The van der Waals surface area contributed by atoms with Crippen molar-refractivity contribution in [1.82, 2.24) is 5.32 Å². The lowest BCUT2D eigenvalue weighted by Crippen LogP contribution is -2.38. The van der Waals surface area contributed by atoms with Crippen LogP contribution in [-0.4, -0.2) is 23.0 Å². The molecule has 2 atom stereocenters. The topological polar surface area (TPSA) is 29.1 Å². The second-order valence-corrected chi connectivity index (χ2v) is 4.63. The van der Waals surface area contributed by atoms with Gasteiger partial charge in [0.05, 0.1) is 11.4 Å². The first-order valence-electron chi connectivity index (χ1n) is 4.02. The molecule has 64 valence electrons. The third-order valence-electron chi connectivity index (χ3n) is 1.86. The fourth-order valence-electron chi connectivity index (χ4n) is 1.19. The van der Waals surface area contributed by atoms with Gasteiger partial charge in [-0.25, -0.2) is 0 Å². The highest BCUT2D eigenvalue weighted by Crippen LogP contribution is 2.19. The average Bonchev–Trinajstić information content (AvgIpc) is 2.34. The van der Waals surface area contributed by atoms with Crippen LogP contribution in [0.2, 0.25) is 0 Å². The van der Waals surface area contributed by atoms with E-state index in [0.717, 1.165) is 5.75 Å². The zero-order valence-corrected chi connectivity index (χ0v) is 8.07. The number of hydrogen-bond acceptors (Lipinski definition) is 3. The van der Waals surface area contributed by atoms with Crippen molar-refractivity contribution in [2.24, 2.45) is 5.92 Å². The maximum atomic E-state index is 11.4. The molecule has 0 spiro atoms. The molecule has 0 aromatic rings. The quantitative estimate of drug-likeness (QED) is 0.681. The molecule has 0 amide bonds. The van der Waals surface area contributed by atoms with Gasteiger partial charge >= 0.3 is 0 Å². The van der Waals surface area contributed by atoms with Crippen molar-refractivity contribution >= 4 is 17.5 Å². The smallest absolute Gasteiger partial charge is 0.153 e. The summed E-state index contributed by atoms with van der Waals surface area (Å²) in [5.41, 5.74) is 0. The minimum absolute atomic E-state index is 0.106. The molecule has 3 heteroatoms. The minimum Gasteiger partial charge on any atom is -0.298 e. The summed E-state index contributed by atoms with van der Waals surface area (Å²) in [4.78, 5) is 11.4. The lowest BCUT2D eigenvalue weighted by atomic mass is 10.0. The highest BCUT2D eigenvalue weighted by atomic mass is 32.2. The van der Waals surface area contributed by atoms with Gasteiger partial charge < -0.3 is 0 Å². The van der Waals surface area contributed by atoms with Gasteiger partial charge in [-0.15, -0.1) is 11.8 Å². The molecule has 1 N–H and O–H groups in total. The van der Waals surface area contributed by atoms with Gasteiger partial charge in [0.15, 0.2) is 5.78 Å². The minimum atomic E-state index is 0.106. The molecular formula is C8H15NOS. The van der Waals surface area contributed by atoms with E-state index in [1.165, 1.54) is 0 Å². The Bertz CT molecular complexity index is 158. The van der Waals surface area contributed by atoms with Crippen molar-refractivity contribution in [3.63, 3.8) is 0 Å². The Balaban J connectivity index is 2.43. The molecule has 0 aliphatic carbocycles. The van der Waals surface area contributed by atoms with Crippen LogP contribution < -0.4 is 5.32 Å². The van der Waals surface area contributed by atoms with Crippen LogP contribution in [0, 0.1) is 5.92 Å². The molecule has 0 bridgehead atoms. The molecule has 1 aliphatic heterocycles. The van der Waals surface area contributed by atoms with Crippen molar-refractivity contribution in [3.8, 4) is 0 Å². The molecule has 0 aromatic heterocycles. The number of Topliss-reactive ketones (excluding diaryl/α,β-unsaturated/α-hetero) is 1. The van der Waals surface area contributed by atoms with Gasteiger partial charge in [-0.05, 0) is 6.92 Å². The van der Waals surface area contributed by atoms with E-state index < -0.39 is 0 Å². The number of carbonyl (C=O) groups is 1. The molecule has 2 nitrogen and oxygen atoms in total. The van der Waals surface area contributed by atoms with E-state index in [9.17, 15) is 4.79 Å². The molecular weight excluding hydrogens is 158 g/mol. The Labute approximate surface area is 72.1 Å². The second kappa shape index (κ2) is 3.59. The van der Waals surface area contributed by atoms with E-state index in [2.05, 4.69) is 12.2 Å². The number of rotatable bonds is 2. The van der Waals surface area contributed by atoms with E-state index in [1.54, 1.807) is 0 Å². The third kappa shape index (κ3) is 2.20. The number of nitrogens with one attached hydrogen (secondary N) is 1. The lowest BCUT2D eigenvalue weighted by Gasteiger charge is -2.11. The van der Waals surface area contributed by atoms with Crippen LogP contribution >= 0.6 is 11.8 Å². The van der Waals surface area contributed by atoms with E-state index in [-0.39, 0.29) is 12.0 Å². The van der Waals surface area contributed by atoms with Gasteiger partial charge in [0.25, 0.3) is 0 Å². The summed E-state index contributed by atoms with van der Waals surface area (Å²) in [5.74, 6) is 1.46. The Morgan fingerprint density at radius 2 is 2.27 bits per heavy atom. The summed E-state index contributed by atoms with van der Waals surface area (Å²) in [6, 6.07) is 0.106. The van der Waals surface area contributed by atoms with Gasteiger partial charge in [0, 0.05) is 11.7 Å². The predicted octanol–water partition coefficient (Wildman–Crippen LogP) is 1.26. The fraction of sp³-hybridized carbons (Fsp3) is 0.875. The monoisotopic (exact) mass is 173 g/mol. The number of thioether (sulfide) groups is 1. The molecule has 0 aromatic carbocycles. The number of ketones is 1. The molecule has 1 rings (SSSR count). The molecule has 0 radical (unpaired) electrons. The Morgan fingerprint density at radius 1 is 1.64 bits per heavy atom. The zero-order chi connectivity index (χ0) is 8.43. The number of hydrogen-bond donors (Lipinski definition) is 1. The first-order chi connectivity index (χ1) is 5.11. The van der Waals surface area contributed by atoms with E-state index in [1.807, 2.05) is 25.6 Å². The maximum absolute atomic E-state index is 11.4. The highest BCUT2D eigenvalue weighted by Gasteiger charge is 2.27. The van der Waals surface area contributed by atoms with E-state index in [0.29, 0.717) is 11.2 Å². The van der Waals surface area contributed by atoms with Crippen molar-refractivity contribution < 1.29 is 4.79 Å². The molecule has 11 heavy (non-hydrogen) atoms. The van der Waals surface area contributed by atoms with Crippen LogP contribution in [0.25, 0.3) is 0 Å². The Kier molecular flexibility index (Phi) is 2.96. The summed E-state index contributed by atoms with van der Waals surface area (Å²) in [6.07, 6.45) is 0. The molecule has 2 unspecified atom stereocenters. The molecule has 1 saturated heterocycles. The zero-order valence-electron chi connectivity index (χ0n) is 7.26. The van der Waals surface area contributed by atoms with Gasteiger partial charge in [-0.1, -0.05) is 13.8 Å². The third-order valence-corrected chi connectivity index (χ3v) is 3.02. The largest absolute Gasteiger partial charge is 0.298 e. The first-order valence-corrected chi connectivity index (χ1v) is 5.07. The standard InChI is InChI=1S/C8H15NOS/c1-5(2)8(10)7-4-11-6(3)9-7/h5-7,9H,4H2,1-3H3. The van der Waals surface area contributed by atoms with Crippen LogP contribution in [0.3, 0.4) is 0 Å². The average molecular weight is 173 g/mol. The predicted molar refractivity (Wildman–Crippen MR) is 48.7 cm³/mol. The van der Waals surface area contributed by atoms with Crippen LogP contribution in [0.15, 0.2) is 0 Å². The molecule has 1 fully saturated rings. The Hall–Kier alpha value is -0.0200. The molecule has 1 aliphatic rings. The lowest BCUT2D eigenvalue weighted by molar-refractivity contribution is -0.123. The van der Waals surface area contributed by atoms with Crippen LogP contribution in [0.1, 0.15) is 20.8 Å². The van der Waals surface area contributed by atoms with Crippen molar-refractivity contribution in [2.45, 2.75) is 32.2 Å². The second-order valence-electron chi connectivity index (χ2n) is 3.25. The summed E-state index contributed by atoms with van der Waals surface area (Å²) >= 11 is 1.82. The maximum Gasteiger partial charge on any atom is 0.153 e. The van der Waals surface area contributed by atoms with Crippen molar-refractivity contribution in [3.05, 3.63) is 0 Å². The molecule has 0 saturated carbocycles. The SMILES string of the molecule is CC1NC(C(=O)C(C)C)CS1. The number of carbonyl (C=O) groups excluding carboxylic acids is 1. The summed E-state index contributed by atoms with van der Waals surface area (Å²) in [7, 11) is 0. The summed E-state index contributed by atoms with van der Waals surface area (Å²) in [5, 5.41) is 3.70. The highest BCUT2D eigenvalue weighted by molar-refractivity contribution is 8.00. The first kappa shape index (κ1) is 9.07. The van der Waals surface area contributed by atoms with E-state index >= 15 is 0 Å². The summed E-state index contributed by atoms with van der Waals surface area (Å²) < 4.78 is 0. The van der Waals surface area contributed by atoms with Crippen LogP contribution in [-0.2, 0) is 4.79 Å². The van der Waals surface area contributed by atoms with Crippen molar-refractivity contribution in [2.75, 3.05) is 5.75 Å². The van der Waals surface area contributed by atoms with E-state index in [4.69, 9.17) is 0 Å². The fourth-order valence-corrected chi connectivity index (χ4v) is 2.19. The Morgan fingerprint density at radius 3 is 2.64 bits per heavy atom. The van der Waals surface area contributed by atoms with Crippen molar-refractivity contribution in [1.29, 1.82) is 0 Å².